The smallest absolute Gasteiger partial charge is 0.243 e. The summed E-state index contributed by atoms with van der Waals surface area (Å²) in [5.74, 6) is 0.517. The quantitative estimate of drug-likeness (QED) is 0.617. The first-order valence-corrected chi connectivity index (χ1v) is 5.49. The number of anilines is 1. The summed E-state index contributed by atoms with van der Waals surface area (Å²) >= 11 is 0. The van der Waals surface area contributed by atoms with Gasteiger partial charge in [-0.15, -0.1) is 0 Å². The van der Waals surface area contributed by atoms with E-state index >= 15 is 0 Å². The van der Waals surface area contributed by atoms with Crippen LogP contribution in [0.25, 0.3) is 6.08 Å². The van der Waals surface area contributed by atoms with Gasteiger partial charge in [-0.2, -0.15) is 0 Å². The third-order valence-corrected chi connectivity index (χ3v) is 2.07. The Morgan fingerprint density at radius 1 is 1.47 bits per heavy atom. The number of nitrogens with two attached hydrogens (primary N) is 1. The highest BCUT2D eigenvalue weighted by atomic mass is 16.5. The van der Waals surface area contributed by atoms with Crippen LogP contribution < -0.4 is 15.8 Å². The summed E-state index contributed by atoms with van der Waals surface area (Å²) in [5.41, 5.74) is 7.28. The predicted octanol–water partition coefficient (Wildman–Crippen LogP) is 1.82. The minimum Gasteiger partial charge on any atom is -0.489 e. The summed E-state index contributed by atoms with van der Waals surface area (Å²) in [7, 11) is 1.58. The zero-order valence-electron chi connectivity index (χ0n) is 10.4. The number of nitrogen functional groups attached to an aromatic ring is 1. The van der Waals surface area contributed by atoms with Crippen molar-refractivity contribution in [2.24, 2.45) is 0 Å². The Balaban J connectivity index is 2.82. The molecule has 0 radical (unpaired) electrons. The highest BCUT2D eigenvalue weighted by Gasteiger charge is 2.02. The SMILES string of the molecule is CNC(=O)/C=C\c1ccc(OC(C)C)c(N)c1. The lowest BCUT2D eigenvalue weighted by Crippen LogP contribution is -2.13. The molecule has 0 spiro atoms. The van der Waals surface area contributed by atoms with Crippen molar-refractivity contribution in [3.8, 4) is 5.75 Å². The average molecular weight is 234 g/mol. The van der Waals surface area contributed by atoms with E-state index in [1.165, 1.54) is 6.08 Å². The summed E-state index contributed by atoms with van der Waals surface area (Å²) in [4.78, 5) is 11.0. The molecule has 1 aromatic carbocycles. The zero-order valence-corrected chi connectivity index (χ0v) is 10.4. The van der Waals surface area contributed by atoms with Crippen LogP contribution in [0.4, 0.5) is 5.69 Å². The Labute approximate surface area is 101 Å². The molecule has 4 nitrogen and oxygen atoms in total. The monoisotopic (exact) mass is 234 g/mol. The molecule has 3 N–H and O–H groups in total. The molecule has 0 bridgehead atoms. The highest BCUT2D eigenvalue weighted by Crippen LogP contribution is 2.24. The molecule has 0 aromatic heterocycles. The highest BCUT2D eigenvalue weighted by molar-refractivity contribution is 5.91. The van der Waals surface area contributed by atoms with Crippen LogP contribution in [0.3, 0.4) is 0 Å². The summed E-state index contributed by atoms with van der Waals surface area (Å²) < 4.78 is 5.52. The molecule has 0 aliphatic heterocycles. The molecule has 0 heterocycles. The molecule has 1 aromatic rings. The predicted molar refractivity (Wildman–Crippen MR) is 69.7 cm³/mol. The van der Waals surface area contributed by atoms with Gasteiger partial charge in [0, 0.05) is 13.1 Å². The van der Waals surface area contributed by atoms with Gasteiger partial charge in [0.2, 0.25) is 5.91 Å². The molecule has 0 unspecified atom stereocenters. The number of rotatable bonds is 4. The molecule has 0 atom stereocenters. The second-order valence-electron chi connectivity index (χ2n) is 3.91. The van der Waals surface area contributed by atoms with Gasteiger partial charge in [0.25, 0.3) is 0 Å². The topological polar surface area (TPSA) is 64.3 Å². The van der Waals surface area contributed by atoms with Gasteiger partial charge in [0.1, 0.15) is 5.75 Å². The van der Waals surface area contributed by atoms with E-state index in [-0.39, 0.29) is 12.0 Å². The second-order valence-corrected chi connectivity index (χ2v) is 3.91. The van der Waals surface area contributed by atoms with Gasteiger partial charge < -0.3 is 15.8 Å². The number of hydrogen-bond donors (Lipinski definition) is 2. The second kappa shape index (κ2) is 5.94. The van der Waals surface area contributed by atoms with Crippen molar-refractivity contribution in [2.45, 2.75) is 20.0 Å². The van der Waals surface area contributed by atoms with Crippen LogP contribution in [0, 0.1) is 0 Å². The van der Waals surface area contributed by atoms with Gasteiger partial charge in [-0.25, -0.2) is 0 Å². The Hall–Kier alpha value is -1.97. The molecule has 0 saturated heterocycles. The molecular weight excluding hydrogens is 216 g/mol. The molecule has 0 fully saturated rings. The fourth-order valence-corrected chi connectivity index (χ4v) is 1.29. The lowest BCUT2D eigenvalue weighted by atomic mass is 10.1. The molecule has 4 heteroatoms. The van der Waals surface area contributed by atoms with Crippen LogP contribution in [0.15, 0.2) is 24.3 Å². The van der Waals surface area contributed by atoms with E-state index in [0.29, 0.717) is 11.4 Å². The van der Waals surface area contributed by atoms with Gasteiger partial charge in [-0.05, 0) is 37.6 Å². The van der Waals surface area contributed by atoms with Crippen LogP contribution >= 0.6 is 0 Å². The number of hydrogen-bond acceptors (Lipinski definition) is 3. The lowest BCUT2D eigenvalue weighted by molar-refractivity contribution is -0.115. The maximum atomic E-state index is 11.0. The Bertz CT molecular complexity index is 425. The van der Waals surface area contributed by atoms with Gasteiger partial charge in [-0.1, -0.05) is 6.07 Å². The molecule has 0 aliphatic carbocycles. The van der Waals surface area contributed by atoms with E-state index in [1.54, 1.807) is 25.3 Å². The van der Waals surface area contributed by atoms with Crippen molar-refractivity contribution in [1.82, 2.24) is 5.32 Å². The summed E-state index contributed by atoms with van der Waals surface area (Å²) in [6.45, 7) is 3.89. The number of amides is 1. The fourth-order valence-electron chi connectivity index (χ4n) is 1.29. The Morgan fingerprint density at radius 2 is 2.18 bits per heavy atom. The summed E-state index contributed by atoms with van der Waals surface area (Å²) in [6, 6.07) is 5.43. The van der Waals surface area contributed by atoms with E-state index < -0.39 is 0 Å². The number of ether oxygens (including phenoxy) is 1. The van der Waals surface area contributed by atoms with Crippen molar-refractivity contribution in [2.75, 3.05) is 12.8 Å². The van der Waals surface area contributed by atoms with Crippen LogP contribution in [0.2, 0.25) is 0 Å². The molecule has 0 saturated carbocycles. The number of benzene rings is 1. The Kier molecular flexibility index (Phi) is 4.57. The average Bonchev–Trinajstić information content (AvgIpc) is 2.28. The largest absolute Gasteiger partial charge is 0.489 e. The number of nitrogens with one attached hydrogen (secondary N) is 1. The summed E-state index contributed by atoms with van der Waals surface area (Å²) in [5, 5.41) is 2.51. The first-order chi connectivity index (χ1) is 8.02. The lowest BCUT2D eigenvalue weighted by Gasteiger charge is -2.12. The molecule has 92 valence electrons. The fraction of sp³-hybridized carbons (Fsp3) is 0.308. The van der Waals surface area contributed by atoms with Crippen molar-refractivity contribution in [3.05, 3.63) is 29.8 Å². The Morgan fingerprint density at radius 3 is 2.71 bits per heavy atom. The van der Waals surface area contributed by atoms with E-state index in [9.17, 15) is 4.79 Å². The van der Waals surface area contributed by atoms with Crippen molar-refractivity contribution >= 4 is 17.7 Å². The van der Waals surface area contributed by atoms with Gasteiger partial charge in [0.05, 0.1) is 11.8 Å². The van der Waals surface area contributed by atoms with E-state index in [0.717, 1.165) is 5.56 Å². The van der Waals surface area contributed by atoms with Gasteiger partial charge in [-0.3, -0.25) is 4.79 Å². The third-order valence-electron chi connectivity index (χ3n) is 2.07. The molecular formula is C13H18N2O2. The van der Waals surface area contributed by atoms with Crippen LogP contribution in [-0.4, -0.2) is 19.1 Å². The molecule has 17 heavy (non-hydrogen) atoms. The minimum absolute atomic E-state index is 0.0876. The van der Waals surface area contributed by atoms with Crippen molar-refractivity contribution in [1.29, 1.82) is 0 Å². The minimum atomic E-state index is -0.147. The number of carbonyl (C=O) groups excluding carboxylic acids is 1. The van der Waals surface area contributed by atoms with E-state index in [4.69, 9.17) is 10.5 Å². The molecule has 1 rings (SSSR count). The van der Waals surface area contributed by atoms with Crippen molar-refractivity contribution in [3.63, 3.8) is 0 Å². The van der Waals surface area contributed by atoms with Gasteiger partial charge >= 0.3 is 0 Å². The van der Waals surface area contributed by atoms with Gasteiger partial charge in [0.15, 0.2) is 0 Å². The van der Waals surface area contributed by atoms with E-state index in [1.807, 2.05) is 19.9 Å². The first-order valence-electron chi connectivity index (χ1n) is 5.49. The van der Waals surface area contributed by atoms with E-state index in [2.05, 4.69) is 5.32 Å². The zero-order chi connectivity index (χ0) is 12.8. The number of carbonyl (C=O) groups is 1. The number of likely N-dealkylation sites (N-methyl/N-ethyl adjacent to an activating group) is 1. The van der Waals surface area contributed by atoms with Crippen LogP contribution in [0.1, 0.15) is 19.4 Å². The summed E-state index contributed by atoms with van der Waals surface area (Å²) in [6.07, 6.45) is 3.25. The molecule has 0 aliphatic rings. The first kappa shape index (κ1) is 13.1. The van der Waals surface area contributed by atoms with Crippen LogP contribution in [-0.2, 0) is 4.79 Å². The van der Waals surface area contributed by atoms with Crippen LogP contribution in [0.5, 0.6) is 5.75 Å². The van der Waals surface area contributed by atoms with Crippen molar-refractivity contribution < 1.29 is 9.53 Å². The third kappa shape index (κ3) is 4.18. The maximum absolute atomic E-state index is 11.0. The standard InChI is InChI=1S/C13H18N2O2/c1-9(2)17-12-6-4-10(8-11(12)14)5-7-13(16)15-3/h4-9H,14H2,1-3H3,(H,15,16)/b7-5-. The molecule has 1 amide bonds. The maximum Gasteiger partial charge on any atom is 0.243 e. The normalized spacial score (nSPS) is 10.8.